The first-order chi connectivity index (χ1) is 9.95. The molecule has 0 saturated carbocycles. The number of rotatable bonds is 5. The molecule has 1 fully saturated rings. The van der Waals surface area contributed by atoms with Gasteiger partial charge >= 0.3 is 0 Å². The van der Waals surface area contributed by atoms with Gasteiger partial charge < -0.3 is 15.2 Å². The Morgan fingerprint density at radius 2 is 2.05 bits per heavy atom. The van der Waals surface area contributed by atoms with Crippen molar-refractivity contribution in [2.24, 2.45) is 5.73 Å². The summed E-state index contributed by atoms with van der Waals surface area (Å²) >= 11 is 3.53. The molecule has 1 aromatic rings. The van der Waals surface area contributed by atoms with Gasteiger partial charge in [-0.25, -0.2) is 0 Å². The zero-order valence-electron chi connectivity index (χ0n) is 13.1. The molecule has 1 unspecified atom stereocenters. The summed E-state index contributed by atoms with van der Waals surface area (Å²) in [5, 5.41) is 0. The van der Waals surface area contributed by atoms with Gasteiger partial charge in [0, 0.05) is 24.7 Å². The van der Waals surface area contributed by atoms with Gasteiger partial charge in [0.05, 0.1) is 24.8 Å². The Morgan fingerprint density at radius 3 is 2.62 bits per heavy atom. The van der Waals surface area contributed by atoms with Crippen LogP contribution in [0.25, 0.3) is 0 Å². The average Bonchev–Trinajstić information content (AvgIpc) is 2.48. The van der Waals surface area contributed by atoms with Gasteiger partial charge in [0.1, 0.15) is 5.75 Å². The fraction of sp³-hybridized carbons (Fsp3) is 0.625. The number of ether oxygens (including phenoxy) is 2. The molecular weight excluding hydrogens is 332 g/mol. The van der Waals surface area contributed by atoms with Gasteiger partial charge in [-0.3, -0.25) is 4.90 Å². The first kappa shape index (κ1) is 16.7. The topological polar surface area (TPSA) is 47.7 Å². The Kier molecular flexibility index (Phi) is 5.66. The van der Waals surface area contributed by atoms with Crippen molar-refractivity contribution >= 4 is 15.9 Å². The standard InChI is InChI=1S/C16H25BrN2O2/c1-16(2,19-6-8-21-9-7-19)15(18)11-12-4-5-14(20-3)13(17)10-12/h4-5,10,15H,6-9,11,18H2,1-3H3. The summed E-state index contributed by atoms with van der Waals surface area (Å²) in [7, 11) is 1.67. The summed E-state index contributed by atoms with van der Waals surface area (Å²) in [4.78, 5) is 2.43. The quantitative estimate of drug-likeness (QED) is 0.880. The Bertz CT molecular complexity index is 473. The van der Waals surface area contributed by atoms with Gasteiger partial charge in [-0.1, -0.05) is 6.07 Å². The van der Waals surface area contributed by atoms with E-state index in [1.54, 1.807) is 7.11 Å². The molecule has 5 heteroatoms. The molecule has 118 valence electrons. The maximum absolute atomic E-state index is 6.51. The molecule has 1 aliphatic heterocycles. The van der Waals surface area contributed by atoms with Gasteiger partial charge in [-0.2, -0.15) is 0 Å². The highest BCUT2D eigenvalue weighted by Crippen LogP contribution is 2.28. The van der Waals surface area contributed by atoms with E-state index in [0.29, 0.717) is 0 Å². The molecular formula is C16H25BrN2O2. The van der Waals surface area contributed by atoms with Gasteiger partial charge in [-0.15, -0.1) is 0 Å². The smallest absolute Gasteiger partial charge is 0.133 e. The van der Waals surface area contributed by atoms with Crippen LogP contribution in [0.15, 0.2) is 22.7 Å². The fourth-order valence-electron chi connectivity index (χ4n) is 2.71. The van der Waals surface area contributed by atoms with E-state index < -0.39 is 0 Å². The number of hydrogen-bond acceptors (Lipinski definition) is 4. The van der Waals surface area contributed by atoms with Crippen LogP contribution in [0.2, 0.25) is 0 Å². The predicted molar refractivity (Wildman–Crippen MR) is 88.8 cm³/mol. The number of nitrogens with two attached hydrogens (primary N) is 1. The molecule has 0 aliphatic carbocycles. The molecule has 0 amide bonds. The summed E-state index contributed by atoms with van der Waals surface area (Å²) in [6, 6.07) is 6.22. The first-order valence-corrected chi connectivity index (χ1v) is 8.15. The van der Waals surface area contributed by atoms with Crippen molar-refractivity contribution in [3.8, 4) is 5.75 Å². The molecule has 1 atom stereocenters. The molecule has 0 bridgehead atoms. The predicted octanol–water partition coefficient (Wildman–Crippen LogP) is 2.44. The van der Waals surface area contributed by atoms with Crippen LogP contribution in [-0.4, -0.2) is 49.9 Å². The van der Waals surface area contributed by atoms with Crippen LogP contribution in [0.4, 0.5) is 0 Å². The number of benzene rings is 1. The van der Waals surface area contributed by atoms with E-state index in [1.165, 1.54) is 5.56 Å². The summed E-state index contributed by atoms with van der Waals surface area (Å²) in [6.07, 6.45) is 0.840. The van der Waals surface area contributed by atoms with Crippen LogP contribution in [0, 0.1) is 0 Å². The minimum Gasteiger partial charge on any atom is -0.496 e. The molecule has 4 nitrogen and oxygen atoms in total. The van der Waals surface area contributed by atoms with Crippen LogP contribution in [0.3, 0.4) is 0 Å². The summed E-state index contributed by atoms with van der Waals surface area (Å²) < 4.78 is 11.7. The lowest BCUT2D eigenvalue weighted by Gasteiger charge is -2.44. The number of halogens is 1. The minimum absolute atomic E-state index is 0.0455. The molecule has 21 heavy (non-hydrogen) atoms. The van der Waals surface area contributed by atoms with Gasteiger partial charge in [0.25, 0.3) is 0 Å². The summed E-state index contributed by atoms with van der Waals surface area (Å²) in [5.41, 5.74) is 7.68. The maximum Gasteiger partial charge on any atom is 0.133 e. The van der Waals surface area contributed by atoms with E-state index in [-0.39, 0.29) is 11.6 Å². The van der Waals surface area contributed by atoms with Crippen LogP contribution in [0.5, 0.6) is 5.75 Å². The highest BCUT2D eigenvalue weighted by molar-refractivity contribution is 9.10. The van der Waals surface area contributed by atoms with E-state index in [4.69, 9.17) is 15.2 Å². The lowest BCUT2D eigenvalue weighted by atomic mass is 9.88. The average molecular weight is 357 g/mol. The van der Waals surface area contributed by atoms with Gasteiger partial charge in [-0.05, 0) is 53.9 Å². The molecule has 0 aromatic heterocycles. The molecule has 2 rings (SSSR count). The molecule has 0 spiro atoms. The van der Waals surface area contributed by atoms with Crippen molar-refractivity contribution in [1.29, 1.82) is 0 Å². The monoisotopic (exact) mass is 356 g/mol. The van der Waals surface area contributed by atoms with Crippen molar-refractivity contribution < 1.29 is 9.47 Å². The lowest BCUT2D eigenvalue weighted by molar-refractivity contribution is -0.0186. The Balaban J connectivity index is 2.05. The SMILES string of the molecule is COc1ccc(CC(N)C(C)(C)N2CCOCC2)cc1Br. The van der Waals surface area contributed by atoms with Crippen LogP contribution in [0.1, 0.15) is 19.4 Å². The Morgan fingerprint density at radius 1 is 1.38 bits per heavy atom. The van der Waals surface area contributed by atoms with Crippen molar-refractivity contribution in [1.82, 2.24) is 4.90 Å². The van der Waals surface area contributed by atoms with Crippen molar-refractivity contribution in [3.05, 3.63) is 28.2 Å². The zero-order chi connectivity index (χ0) is 15.5. The zero-order valence-corrected chi connectivity index (χ0v) is 14.6. The third-order valence-electron chi connectivity index (χ3n) is 4.41. The fourth-order valence-corrected chi connectivity index (χ4v) is 3.30. The van der Waals surface area contributed by atoms with E-state index in [2.05, 4.69) is 46.8 Å². The molecule has 1 saturated heterocycles. The van der Waals surface area contributed by atoms with Crippen molar-refractivity contribution in [2.45, 2.75) is 31.8 Å². The molecule has 0 radical (unpaired) electrons. The Hall–Kier alpha value is -0.620. The second kappa shape index (κ2) is 7.09. The van der Waals surface area contributed by atoms with E-state index >= 15 is 0 Å². The van der Waals surface area contributed by atoms with Crippen LogP contribution < -0.4 is 10.5 Å². The first-order valence-electron chi connectivity index (χ1n) is 7.36. The Labute approximate surface area is 135 Å². The summed E-state index contributed by atoms with van der Waals surface area (Å²) in [5.74, 6) is 0.847. The number of nitrogens with zero attached hydrogens (tertiary/aromatic N) is 1. The molecule has 1 aliphatic rings. The minimum atomic E-state index is -0.0455. The third kappa shape index (κ3) is 3.97. The van der Waals surface area contributed by atoms with E-state index in [9.17, 15) is 0 Å². The lowest BCUT2D eigenvalue weighted by Crippen LogP contribution is -2.59. The van der Waals surface area contributed by atoms with Gasteiger partial charge in [0.15, 0.2) is 0 Å². The summed E-state index contributed by atoms with van der Waals surface area (Å²) in [6.45, 7) is 7.94. The molecule has 1 aromatic carbocycles. The highest BCUT2D eigenvalue weighted by atomic mass is 79.9. The van der Waals surface area contributed by atoms with Gasteiger partial charge in [0.2, 0.25) is 0 Å². The maximum atomic E-state index is 6.51. The van der Waals surface area contributed by atoms with Crippen molar-refractivity contribution in [2.75, 3.05) is 33.4 Å². The second-order valence-corrected chi connectivity index (χ2v) is 6.89. The highest BCUT2D eigenvalue weighted by Gasteiger charge is 2.34. The van der Waals surface area contributed by atoms with Crippen LogP contribution >= 0.6 is 15.9 Å². The van der Waals surface area contributed by atoms with Crippen molar-refractivity contribution in [3.63, 3.8) is 0 Å². The number of morpholine rings is 1. The largest absolute Gasteiger partial charge is 0.496 e. The normalized spacial score (nSPS) is 18.5. The van der Waals surface area contributed by atoms with Crippen LogP contribution in [-0.2, 0) is 11.2 Å². The number of methoxy groups -OCH3 is 1. The third-order valence-corrected chi connectivity index (χ3v) is 5.03. The van der Waals surface area contributed by atoms with E-state index in [1.807, 2.05) is 6.07 Å². The number of hydrogen-bond donors (Lipinski definition) is 1. The van der Waals surface area contributed by atoms with E-state index in [0.717, 1.165) is 42.9 Å². The molecule has 2 N–H and O–H groups in total. The molecule has 1 heterocycles. The second-order valence-electron chi connectivity index (χ2n) is 6.03.